The lowest BCUT2D eigenvalue weighted by Gasteiger charge is -2.11. The molecule has 1 aliphatic rings. The summed E-state index contributed by atoms with van der Waals surface area (Å²) >= 11 is 0. The molecule has 2 aromatic carbocycles. The van der Waals surface area contributed by atoms with Crippen LogP contribution in [0.4, 0.5) is 4.39 Å². The number of aliphatic imine (C=N–C) groups is 1. The summed E-state index contributed by atoms with van der Waals surface area (Å²) in [5.74, 6) is 0.0951. The van der Waals surface area contributed by atoms with Gasteiger partial charge in [-0.1, -0.05) is 18.2 Å². The predicted octanol–water partition coefficient (Wildman–Crippen LogP) is 3.58. The van der Waals surface area contributed by atoms with Gasteiger partial charge in [0.05, 0.1) is 13.7 Å². The van der Waals surface area contributed by atoms with Gasteiger partial charge >= 0.3 is 5.97 Å². The summed E-state index contributed by atoms with van der Waals surface area (Å²) in [6, 6.07) is 11.0. The number of hydrogen-bond acceptors (Lipinski definition) is 5. The molecule has 0 N–H and O–H groups in total. The first kappa shape index (κ1) is 16.7. The minimum atomic E-state index is -0.608. The number of hydrogen-bond donors (Lipinski definition) is 0. The van der Waals surface area contributed by atoms with Crippen LogP contribution in [-0.4, -0.2) is 25.6 Å². The summed E-state index contributed by atoms with van der Waals surface area (Å²) in [5.41, 5.74) is 1.13. The van der Waals surface area contributed by atoms with Crippen molar-refractivity contribution in [2.24, 2.45) is 4.99 Å². The summed E-state index contributed by atoms with van der Waals surface area (Å²) in [4.78, 5) is 16.3. The zero-order valence-corrected chi connectivity index (χ0v) is 13.8. The van der Waals surface area contributed by atoms with E-state index in [2.05, 4.69) is 4.99 Å². The molecule has 25 heavy (non-hydrogen) atoms. The molecule has 0 aromatic heterocycles. The third-order valence-electron chi connectivity index (χ3n) is 3.50. The number of esters is 1. The third-order valence-corrected chi connectivity index (χ3v) is 3.50. The summed E-state index contributed by atoms with van der Waals surface area (Å²) in [6.07, 6.45) is 1.55. The molecule has 0 spiro atoms. The van der Waals surface area contributed by atoms with Gasteiger partial charge in [0, 0.05) is 11.1 Å². The average Bonchev–Trinajstić information content (AvgIpc) is 2.96. The van der Waals surface area contributed by atoms with Gasteiger partial charge < -0.3 is 14.2 Å². The van der Waals surface area contributed by atoms with Crippen LogP contribution in [0.5, 0.6) is 11.5 Å². The van der Waals surface area contributed by atoms with E-state index in [0.29, 0.717) is 29.2 Å². The van der Waals surface area contributed by atoms with Gasteiger partial charge in [0.1, 0.15) is 5.82 Å². The van der Waals surface area contributed by atoms with Crippen LogP contribution < -0.4 is 9.47 Å². The van der Waals surface area contributed by atoms with Gasteiger partial charge in [0.25, 0.3) is 0 Å². The molecule has 1 aliphatic heterocycles. The van der Waals surface area contributed by atoms with Crippen molar-refractivity contribution in [3.8, 4) is 11.5 Å². The molecule has 0 aliphatic carbocycles. The zero-order valence-electron chi connectivity index (χ0n) is 13.8. The molecule has 0 bridgehead atoms. The molecule has 0 radical (unpaired) electrons. The molecule has 0 fully saturated rings. The van der Waals surface area contributed by atoms with Crippen LogP contribution in [-0.2, 0) is 9.53 Å². The van der Waals surface area contributed by atoms with Gasteiger partial charge in [-0.3, -0.25) is 0 Å². The highest BCUT2D eigenvalue weighted by Gasteiger charge is 2.25. The van der Waals surface area contributed by atoms with E-state index in [1.54, 1.807) is 30.3 Å². The van der Waals surface area contributed by atoms with E-state index in [9.17, 15) is 9.18 Å². The van der Waals surface area contributed by atoms with Crippen LogP contribution in [0.3, 0.4) is 0 Å². The second kappa shape index (κ2) is 7.17. The van der Waals surface area contributed by atoms with E-state index in [0.717, 1.165) is 0 Å². The van der Waals surface area contributed by atoms with Crippen LogP contribution in [0.1, 0.15) is 18.1 Å². The Kier molecular flexibility index (Phi) is 4.79. The Bertz CT molecular complexity index is 873. The van der Waals surface area contributed by atoms with Gasteiger partial charge in [0.2, 0.25) is 5.90 Å². The molecular formula is C19H16FNO4. The van der Waals surface area contributed by atoms with Crippen molar-refractivity contribution in [1.29, 1.82) is 0 Å². The number of cyclic esters (lactones) is 1. The van der Waals surface area contributed by atoms with Crippen LogP contribution in [0.25, 0.3) is 6.08 Å². The maximum absolute atomic E-state index is 13.3. The van der Waals surface area contributed by atoms with E-state index in [1.807, 2.05) is 6.92 Å². The van der Waals surface area contributed by atoms with Gasteiger partial charge in [-0.05, 0) is 37.3 Å². The van der Waals surface area contributed by atoms with E-state index in [-0.39, 0.29) is 11.6 Å². The SMILES string of the molecule is CCOc1cccc(/C=C2\N=C(c3cccc(F)c3)OC2=O)c1OC. The molecule has 0 saturated heterocycles. The Morgan fingerprint density at radius 1 is 1.24 bits per heavy atom. The molecule has 0 unspecified atom stereocenters. The normalized spacial score (nSPS) is 15.1. The number of carbonyl (C=O) groups excluding carboxylic acids is 1. The van der Waals surface area contributed by atoms with Crippen molar-refractivity contribution in [2.75, 3.05) is 13.7 Å². The summed E-state index contributed by atoms with van der Waals surface area (Å²) in [5, 5.41) is 0. The fraction of sp³-hybridized carbons (Fsp3) is 0.158. The van der Waals surface area contributed by atoms with Crippen molar-refractivity contribution >= 4 is 17.9 Å². The molecule has 0 saturated carbocycles. The fourth-order valence-corrected chi connectivity index (χ4v) is 2.44. The number of halogens is 1. The molecule has 0 atom stereocenters. The molecule has 6 heteroatoms. The number of carbonyl (C=O) groups is 1. The van der Waals surface area contributed by atoms with E-state index in [4.69, 9.17) is 14.2 Å². The first-order chi connectivity index (χ1) is 12.1. The van der Waals surface area contributed by atoms with E-state index >= 15 is 0 Å². The lowest BCUT2D eigenvalue weighted by Crippen LogP contribution is -2.05. The maximum atomic E-state index is 13.3. The monoisotopic (exact) mass is 341 g/mol. The number of methoxy groups -OCH3 is 1. The molecule has 128 valence electrons. The predicted molar refractivity (Wildman–Crippen MR) is 91.2 cm³/mol. The standard InChI is InChI=1S/C19H16FNO4/c1-3-24-16-9-5-6-12(17(16)23-2)11-15-19(22)25-18(21-15)13-7-4-8-14(20)10-13/h4-11H,3H2,1-2H3/b15-11-. The van der Waals surface area contributed by atoms with Crippen LogP contribution in [0.15, 0.2) is 53.2 Å². The second-order valence-electron chi connectivity index (χ2n) is 5.16. The highest BCUT2D eigenvalue weighted by atomic mass is 19.1. The summed E-state index contributed by atoms with van der Waals surface area (Å²) < 4.78 is 29.4. The fourth-order valence-electron chi connectivity index (χ4n) is 2.44. The summed E-state index contributed by atoms with van der Waals surface area (Å²) in [7, 11) is 1.52. The average molecular weight is 341 g/mol. The van der Waals surface area contributed by atoms with Crippen molar-refractivity contribution in [3.05, 3.63) is 65.1 Å². The highest BCUT2D eigenvalue weighted by Crippen LogP contribution is 2.33. The second-order valence-corrected chi connectivity index (χ2v) is 5.16. The topological polar surface area (TPSA) is 57.1 Å². The van der Waals surface area contributed by atoms with Crippen molar-refractivity contribution in [3.63, 3.8) is 0 Å². The summed E-state index contributed by atoms with van der Waals surface area (Å²) in [6.45, 7) is 2.36. The van der Waals surface area contributed by atoms with Gasteiger partial charge in [-0.2, -0.15) is 0 Å². The van der Waals surface area contributed by atoms with Crippen molar-refractivity contribution in [1.82, 2.24) is 0 Å². The smallest absolute Gasteiger partial charge is 0.363 e. The Morgan fingerprint density at radius 2 is 2.04 bits per heavy atom. The number of para-hydroxylation sites is 1. The number of nitrogens with zero attached hydrogens (tertiary/aromatic N) is 1. The molecular weight excluding hydrogens is 325 g/mol. The Hall–Kier alpha value is -3.15. The Labute approximate surface area is 144 Å². The lowest BCUT2D eigenvalue weighted by atomic mass is 10.1. The maximum Gasteiger partial charge on any atom is 0.363 e. The van der Waals surface area contributed by atoms with E-state index in [1.165, 1.54) is 25.3 Å². The largest absolute Gasteiger partial charge is 0.492 e. The van der Waals surface area contributed by atoms with Crippen molar-refractivity contribution in [2.45, 2.75) is 6.92 Å². The van der Waals surface area contributed by atoms with Gasteiger partial charge in [-0.15, -0.1) is 0 Å². The van der Waals surface area contributed by atoms with Gasteiger partial charge in [-0.25, -0.2) is 14.2 Å². The van der Waals surface area contributed by atoms with Crippen molar-refractivity contribution < 1.29 is 23.4 Å². The number of benzene rings is 2. The minimum absolute atomic E-state index is 0.0654. The number of rotatable bonds is 5. The van der Waals surface area contributed by atoms with Gasteiger partial charge in [0.15, 0.2) is 17.2 Å². The van der Waals surface area contributed by atoms with Crippen LogP contribution in [0, 0.1) is 5.82 Å². The molecule has 1 heterocycles. The first-order valence-electron chi connectivity index (χ1n) is 7.70. The molecule has 5 nitrogen and oxygen atoms in total. The minimum Gasteiger partial charge on any atom is -0.492 e. The zero-order chi connectivity index (χ0) is 17.8. The molecule has 0 amide bonds. The van der Waals surface area contributed by atoms with Crippen LogP contribution >= 0.6 is 0 Å². The quantitative estimate of drug-likeness (QED) is 0.616. The van der Waals surface area contributed by atoms with Crippen LogP contribution in [0.2, 0.25) is 0 Å². The third kappa shape index (κ3) is 3.52. The first-order valence-corrected chi connectivity index (χ1v) is 7.70. The molecule has 2 aromatic rings. The number of ether oxygens (including phenoxy) is 3. The lowest BCUT2D eigenvalue weighted by molar-refractivity contribution is -0.129. The molecule has 3 rings (SSSR count). The highest BCUT2D eigenvalue weighted by molar-refractivity contribution is 6.13. The Balaban J connectivity index is 1.99. The van der Waals surface area contributed by atoms with E-state index < -0.39 is 11.8 Å². The Morgan fingerprint density at radius 3 is 2.76 bits per heavy atom.